The Morgan fingerprint density at radius 1 is 0.738 bits per heavy atom. The zero-order valence-electron chi connectivity index (χ0n) is 21.4. The Morgan fingerprint density at radius 2 is 1.43 bits per heavy atom. The maximum atomic E-state index is 13.3. The van der Waals surface area contributed by atoms with Crippen molar-refractivity contribution in [2.24, 2.45) is 0 Å². The van der Waals surface area contributed by atoms with E-state index in [0.29, 0.717) is 49.0 Å². The minimum absolute atomic E-state index is 0.150. The molecule has 0 saturated carbocycles. The molecule has 6 rings (SSSR count). The molecule has 0 radical (unpaired) electrons. The standard InChI is InChI=1S/C32H17Cl3N2O5/c33-18-10-13-23(26(35)14-18)28(38)16-42-32(41)24-15-27(36-29-20(24)6-3-7-25(29)34)17-8-11-19(12-9-17)37-30(39)21-4-1-2-5-22(21)31(37)40/h1-15H,16H2. The molecular weight excluding hydrogens is 599 g/mol. The minimum atomic E-state index is -0.757. The first-order valence-corrected chi connectivity index (χ1v) is 13.7. The molecule has 4 aromatic carbocycles. The highest BCUT2D eigenvalue weighted by molar-refractivity contribution is 6.37. The van der Waals surface area contributed by atoms with Gasteiger partial charge in [0.05, 0.1) is 43.6 Å². The fraction of sp³-hybridized carbons (Fsp3) is 0.0312. The molecule has 0 aliphatic carbocycles. The van der Waals surface area contributed by atoms with Gasteiger partial charge in [-0.1, -0.05) is 71.2 Å². The summed E-state index contributed by atoms with van der Waals surface area (Å²) in [5.74, 6) is -2.06. The number of nitrogens with zero attached hydrogens (tertiary/aromatic N) is 2. The highest BCUT2D eigenvalue weighted by Crippen LogP contribution is 2.33. The maximum absolute atomic E-state index is 13.3. The number of para-hydroxylation sites is 1. The number of benzene rings is 4. The van der Waals surface area contributed by atoms with Crippen LogP contribution in [0.1, 0.15) is 41.4 Å². The second kappa shape index (κ2) is 11.0. The molecule has 0 atom stereocenters. The third kappa shape index (κ3) is 4.92. The molecule has 0 saturated heterocycles. The Hall–Kier alpha value is -4.56. The van der Waals surface area contributed by atoms with E-state index in [-0.39, 0.29) is 16.1 Å². The van der Waals surface area contributed by atoms with Gasteiger partial charge in [0.15, 0.2) is 6.61 Å². The first kappa shape index (κ1) is 27.6. The monoisotopic (exact) mass is 614 g/mol. The van der Waals surface area contributed by atoms with Crippen molar-refractivity contribution in [2.45, 2.75) is 0 Å². The number of esters is 1. The van der Waals surface area contributed by atoms with E-state index >= 15 is 0 Å². The molecule has 1 aliphatic heterocycles. The van der Waals surface area contributed by atoms with Gasteiger partial charge in [0.2, 0.25) is 5.78 Å². The number of ether oxygens (including phenoxy) is 1. The van der Waals surface area contributed by atoms with Crippen molar-refractivity contribution in [1.82, 2.24) is 4.98 Å². The first-order valence-electron chi connectivity index (χ1n) is 12.6. The number of rotatable bonds is 6. The van der Waals surface area contributed by atoms with Crippen LogP contribution >= 0.6 is 34.8 Å². The molecule has 5 aromatic rings. The number of carbonyl (C=O) groups excluding carboxylic acids is 4. The second-order valence-electron chi connectivity index (χ2n) is 9.35. The number of ketones is 1. The molecule has 0 bridgehead atoms. The van der Waals surface area contributed by atoms with Gasteiger partial charge in [-0.2, -0.15) is 0 Å². The van der Waals surface area contributed by atoms with Gasteiger partial charge in [0.1, 0.15) is 0 Å². The number of imide groups is 1. The van der Waals surface area contributed by atoms with Crippen LogP contribution in [0.4, 0.5) is 5.69 Å². The van der Waals surface area contributed by atoms with Crippen molar-refractivity contribution < 1.29 is 23.9 Å². The molecule has 0 N–H and O–H groups in total. The maximum Gasteiger partial charge on any atom is 0.339 e. The number of anilines is 1. The van der Waals surface area contributed by atoms with Crippen LogP contribution in [0.5, 0.6) is 0 Å². The lowest BCUT2D eigenvalue weighted by molar-refractivity contribution is 0.0476. The van der Waals surface area contributed by atoms with Crippen molar-refractivity contribution in [3.8, 4) is 11.3 Å². The van der Waals surface area contributed by atoms with Gasteiger partial charge in [-0.25, -0.2) is 14.7 Å². The summed E-state index contributed by atoms with van der Waals surface area (Å²) in [6.45, 7) is -0.547. The average Bonchev–Trinajstić information content (AvgIpc) is 3.25. The van der Waals surface area contributed by atoms with Crippen molar-refractivity contribution in [3.05, 3.63) is 128 Å². The number of amides is 2. The Labute approximate surface area is 254 Å². The van der Waals surface area contributed by atoms with E-state index in [9.17, 15) is 19.2 Å². The van der Waals surface area contributed by atoms with Crippen LogP contribution in [0.2, 0.25) is 15.1 Å². The lowest BCUT2D eigenvalue weighted by Gasteiger charge is -2.15. The van der Waals surface area contributed by atoms with Crippen LogP contribution in [0.25, 0.3) is 22.2 Å². The van der Waals surface area contributed by atoms with Crippen LogP contribution < -0.4 is 4.90 Å². The Balaban J connectivity index is 1.30. The van der Waals surface area contributed by atoms with Crippen LogP contribution in [-0.2, 0) is 4.74 Å². The normalized spacial score (nSPS) is 12.5. The van der Waals surface area contributed by atoms with E-state index in [0.717, 1.165) is 4.90 Å². The fourth-order valence-electron chi connectivity index (χ4n) is 4.74. The molecule has 2 heterocycles. The molecule has 1 aliphatic rings. The van der Waals surface area contributed by atoms with Crippen LogP contribution in [0, 0.1) is 0 Å². The Bertz CT molecular complexity index is 1920. The summed E-state index contributed by atoms with van der Waals surface area (Å²) in [4.78, 5) is 57.5. The lowest BCUT2D eigenvalue weighted by atomic mass is 10.0. The van der Waals surface area contributed by atoms with Crippen LogP contribution in [0.3, 0.4) is 0 Å². The number of fused-ring (bicyclic) bond motifs is 2. The molecule has 0 unspecified atom stereocenters. The summed E-state index contributed by atoms with van der Waals surface area (Å²) in [5.41, 5.74) is 2.75. The molecular formula is C32H17Cl3N2O5. The largest absolute Gasteiger partial charge is 0.454 e. The second-order valence-corrected chi connectivity index (χ2v) is 10.6. The van der Waals surface area contributed by atoms with Gasteiger partial charge < -0.3 is 4.74 Å². The lowest BCUT2D eigenvalue weighted by Crippen LogP contribution is -2.29. The smallest absolute Gasteiger partial charge is 0.339 e. The summed E-state index contributed by atoms with van der Waals surface area (Å²) < 4.78 is 5.38. The van der Waals surface area contributed by atoms with Crippen LogP contribution in [-0.4, -0.2) is 35.2 Å². The number of hydrogen-bond acceptors (Lipinski definition) is 6. The van der Waals surface area contributed by atoms with E-state index in [1.807, 2.05) is 0 Å². The summed E-state index contributed by atoms with van der Waals surface area (Å²) >= 11 is 18.5. The van der Waals surface area contributed by atoms with Crippen molar-refractivity contribution in [3.63, 3.8) is 0 Å². The van der Waals surface area contributed by atoms with E-state index in [4.69, 9.17) is 39.5 Å². The minimum Gasteiger partial charge on any atom is -0.454 e. The van der Waals surface area contributed by atoms with E-state index < -0.39 is 30.2 Å². The molecule has 1 aromatic heterocycles. The van der Waals surface area contributed by atoms with Crippen molar-refractivity contribution in [2.75, 3.05) is 11.5 Å². The summed E-state index contributed by atoms with van der Waals surface area (Å²) in [5, 5.41) is 1.28. The van der Waals surface area contributed by atoms with Gasteiger partial charge in [0.25, 0.3) is 11.8 Å². The molecule has 10 heteroatoms. The molecule has 0 fully saturated rings. The fourth-order valence-corrected chi connectivity index (χ4v) is 5.47. The number of carbonyl (C=O) groups is 4. The van der Waals surface area contributed by atoms with Gasteiger partial charge in [0, 0.05) is 21.5 Å². The predicted octanol–water partition coefficient (Wildman–Crippen LogP) is 7.70. The molecule has 7 nitrogen and oxygen atoms in total. The number of hydrogen-bond donors (Lipinski definition) is 0. The van der Waals surface area contributed by atoms with Gasteiger partial charge in [-0.05, 0) is 54.6 Å². The third-order valence-corrected chi connectivity index (χ3v) is 7.64. The summed E-state index contributed by atoms with van der Waals surface area (Å²) in [6, 6.07) is 24.2. The van der Waals surface area contributed by atoms with Crippen molar-refractivity contribution >= 4 is 75.0 Å². The number of aromatic nitrogens is 1. The SMILES string of the molecule is O=C(COC(=O)c1cc(-c2ccc(N3C(=O)c4ccccc4C3=O)cc2)nc2c(Cl)cccc12)c1ccc(Cl)cc1Cl. The number of halogens is 3. The zero-order valence-corrected chi connectivity index (χ0v) is 23.7. The Morgan fingerprint density at radius 3 is 2.10 bits per heavy atom. The highest BCUT2D eigenvalue weighted by Gasteiger charge is 2.36. The Kier molecular flexibility index (Phi) is 7.24. The zero-order chi connectivity index (χ0) is 29.5. The highest BCUT2D eigenvalue weighted by atomic mass is 35.5. The summed E-state index contributed by atoms with van der Waals surface area (Å²) in [7, 11) is 0. The van der Waals surface area contributed by atoms with Gasteiger partial charge in [-0.15, -0.1) is 0 Å². The first-order chi connectivity index (χ1) is 20.2. The number of Topliss-reactive ketones (excluding diaryl/α,β-unsaturated/α-hetero) is 1. The van der Waals surface area contributed by atoms with Crippen LogP contribution in [0.15, 0.2) is 91.0 Å². The average molecular weight is 616 g/mol. The van der Waals surface area contributed by atoms with Gasteiger partial charge >= 0.3 is 5.97 Å². The molecule has 42 heavy (non-hydrogen) atoms. The topological polar surface area (TPSA) is 93.6 Å². The number of pyridine rings is 1. The molecule has 0 spiro atoms. The quantitative estimate of drug-likeness (QED) is 0.110. The summed E-state index contributed by atoms with van der Waals surface area (Å²) in [6.07, 6.45) is 0. The van der Waals surface area contributed by atoms with E-state index in [1.54, 1.807) is 66.7 Å². The third-order valence-electron chi connectivity index (χ3n) is 6.79. The van der Waals surface area contributed by atoms with E-state index in [2.05, 4.69) is 4.98 Å². The molecule has 206 valence electrons. The van der Waals surface area contributed by atoms with E-state index in [1.165, 1.54) is 24.3 Å². The predicted molar refractivity (Wildman–Crippen MR) is 161 cm³/mol. The van der Waals surface area contributed by atoms with Gasteiger partial charge in [-0.3, -0.25) is 14.4 Å². The van der Waals surface area contributed by atoms with Crippen molar-refractivity contribution in [1.29, 1.82) is 0 Å². The molecule has 2 amide bonds.